The molecule has 1 aromatic rings. The fourth-order valence-corrected chi connectivity index (χ4v) is 2.65. The van der Waals surface area contributed by atoms with Gasteiger partial charge in [0.15, 0.2) is 11.5 Å². The average molecular weight is 407 g/mol. The maximum absolute atomic E-state index is 12.3. The Kier molecular flexibility index (Phi) is 12.1. The van der Waals surface area contributed by atoms with Crippen molar-refractivity contribution in [2.24, 2.45) is 11.8 Å². The predicted octanol–water partition coefficient (Wildman–Crippen LogP) is 6.33. The molecule has 0 saturated heterocycles. The topological polar surface area (TPSA) is 61.8 Å². The molecule has 0 radical (unpaired) electrons. The van der Waals surface area contributed by atoms with Gasteiger partial charge in [-0.25, -0.2) is 0 Å². The number of benzene rings is 1. The van der Waals surface area contributed by atoms with E-state index in [1.54, 1.807) is 18.2 Å². The highest BCUT2D eigenvalue weighted by Crippen LogP contribution is 2.38. The van der Waals surface area contributed by atoms with Crippen molar-refractivity contribution in [3.63, 3.8) is 0 Å². The van der Waals surface area contributed by atoms with Gasteiger partial charge in [0.1, 0.15) is 0 Å². The van der Waals surface area contributed by atoms with Gasteiger partial charge in [0.2, 0.25) is 5.75 Å². The van der Waals surface area contributed by atoms with Gasteiger partial charge >= 0.3 is 11.9 Å². The molecule has 0 atom stereocenters. The van der Waals surface area contributed by atoms with E-state index >= 15 is 0 Å². The van der Waals surface area contributed by atoms with Crippen molar-refractivity contribution in [3.05, 3.63) is 18.2 Å². The van der Waals surface area contributed by atoms with E-state index in [9.17, 15) is 9.59 Å². The van der Waals surface area contributed by atoms with E-state index in [0.29, 0.717) is 37.0 Å². The first-order valence-electron chi connectivity index (χ1n) is 11.0. The summed E-state index contributed by atoms with van der Waals surface area (Å²) >= 11 is 0. The van der Waals surface area contributed by atoms with E-state index in [-0.39, 0.29) is 23.4 Å². The van der Waals surface area contributed by atoms with Gasteiger partial charge in [0, 0.05) is 12.8 Å². The highest BCUT2D eigenvalue weighted by atomic mass is 16.6. The Morgan fingerprint density at radius 2 is 1.41 bits per heavy atom. The maximum atomic E-state index is 12.3. The third-order valence-electron chi connectivity index (χ3n) is 4.49. The van der Waals surface area contributed by atoms with E-state index in [2.05, 4.69) is 34.6 Å². The van der Waals surface area contributed by atoms with Crippen LogP contribution in [0.1, 0.15) is 86.0 Å². The molecule has 0 bridgehead atoms. The lowest BCUT2D eigenvalue weighted by molar-refractivity contribution is -0.137. The molecule has 0 aromatic heterocycles. The van der Waals surface area contributed by atoms with Gasteiger partial charge in [0.05, 0.1) is 6.61 Å². The zero-order valence-corrected chi connectivity index (χ0v) is 18.8. The molecule has 0 amide bonds. The molecule has 0 saturated carbocycles. The SMILES string of the molecule is CCCCCCOc1cccc(OC(=O)CCC(C)C)c1OC(=O)CCC(C)C. The molecular weight excluding hydrogens is 368 g/mol. The van der Waals surface area contributed by atoms with E-state index in [1.165, 1.54) is 0 Å². The van der Waals surface area contributed by atoms with Crippen molar-refractivity contribution in [2.75, 3.05) is 6.61 Å². The summed E-state index contributed by atoms with van der Waals surface area (Å²) in [6.07, 6.45) is 6.44. The van der Waals surface area contributed by atoms with Crippen molar-refractivity contribution in [1.82, 2.24) is 0 Å². The normalized spacial score (nSPS) is 11.0. The van der Waals surface area contributed by atoms with Gasteiger partial charge in [0.25, 0.3) is 0 Å². The van der Waals surface area contributed by atoms with E-state index in [4.69, 9.17) is 14.2 Å². The molecule has 0 fully saturated rings. The molecule has 0 heterocycles. The Labute approximate surface area is 176 Å². The lowest BCUT2D eigenvalue weighted by atomic mass is 10.1. The molecule has 0 aliphatic carbocycles. The Balaban J connectivity index is 2.89. The summed E-state index contributed by atoms with van der Waals surface area (Å²) in [6.45, 7) is 10.9. The van der Waals surface area contributed by atoms with Crippen LogP contribution in [-0.2, 0) is 9.59 Å². The Morgan fingerprint density at radius 1 is 0.828 bits per heavy atom. The van der Waals surface area contributed by atoms with Gasteiger partial charge < -0.3 is 14.2 Å². The number of ether oxygens (including phenoxy) is 3. The number of carbonyl (C=O) groups excluding carboxylic acids is 2. The zero-order chi connectivity index (χ0) is 21.6. The molecule has 0 N–H and O–H groups in total. The number of rotatable bonds is 14. The molecule has 1 rings (SSSR count). The zero-order valence-electron chi connectivity index (χ0n) is 18.8. The lowest BCUT2D eigenvalue weighted by Gasteiger charge is -2.16. The number of hydrogen-bond donors (Lipinski definition) is 0. The van der Waals surface area contributed by atoms with Crippen LogP contribution < -0.4 is 14.2 Å². The summed E-state index contributed by atoms with van der Waals surface area (Å²) in [5, 5.41) is 0. The summed E-state index contributed by atoms with van der Waals surface area (Å²) in [5.74, 6) is 1.01. The minimum Gasteiger partial charge on any atom is -0.490 e. The van der Waals surface area contributed by atoms with Gasteiger partial charge in [-0.05, 0) is 43.2 Å². The summed E-state index contributed by atoms with van der Waals surface area (Å²) in [7, 11) is 0. The van der Waals surface area contributed by atoms with Gasteiger partial charge in [-0.15, -0.1) is 0 Å². The third kappa shape index (κ3) is 10.9. The van der Waals surface area contributed by atoms with Crippen molar-refractivity contribution in [1.29, 1.82) is 0 Å². The Hall–Kier alpha value is -2.04. The highest BCUT2D eigenvalue weighted by Gasteiger charge is 2.19. The quantitative estimate of drug-likeness (QED) is 0.205. The Morgan fingerprint density at radius 3 is 2.00 bits per heavy atom. The number of carbonyl (C=O) groups is 2. The van der Waals surface area contributed by atoms with Gasteiger partial charge in [-0.1, -0.05) is 59.9 Å². The van der Waals surface area contributed by atoms with Crippen molar-refractivity contribution in [3.8, 4) is 17.2 Å². The molecule has 1 aromatic carbocycles. The van der Waals surface area contributed by atoms with E-state index < -0.39 is 0 Å². The minimum absolute atomic E-state index is 0.203. The van der Waals surface area contributed by atoms with Crippen LogP contribution >= 0.6 is 0 Å². The summed E-state index contributed by atoms with van der Waals surface area (Å²) in [6, 6.07) is 5.14. The van der Waals surface area contributed by atoms with Crippen LogP contribution in [0.5, 0.6) is 17.2 Å². The predicted molar refractivity (Wildman–Crippen MR) is 115 cm³/mol. The third-order valence-corrected chi connectivity index (χ3v) is 4.49. The van der Waals surface area contributed by atoms with E-state index in [0.717, 1.165) is 38.5 Å². The molecular formula is C24H38O5. The van der Waals surface area contributed by atoms with Crippen LogP contribution in [-0.4, -0.2) is 18.5 Å². The largest absolute Gasteiger partial charge is 0.490 e. The first kappa shape index (κ1) is 25.0. The summed E-state index contributed by atoms with van der Waals surface area (Å²) in [5.41, 5.74) is 0. The van der Waals surface area contributed by atoms with Crippen LogP contribution in [0.2, 0.25) is 0 Å². The second kappa shape index (κ2) is 14.0. The maximum Gasteiger partial charge on any atom is 0.311 e. The molecule has 5 nitrogen and oxygen atoms in total. The van der Waals surface area contributed by atoms with Crippen LogP contribution in [0, 0.1) is 11.8 Å². The van der Waals surface area contributed by atoms with Crippen molar-refractivity contribution in [2.45, 2.75) is 86.0 Å². The standard InChI is InChI=1S/C24H38O5/c1-6-7-8-9-17-27-20-11-10-12-21(28-22(25)15-13-18(2)3)24(20)29-23(26)16-14-19(4)5/h10-12,18-19H,6-9,13-17H2,1-5H3. The molecule has 29 heavy (non-hydrogen) atoms. The first-order chi connectivity index (χ1) is 13.8. The lowest BCUT2D eigenvalue weighted by Crippen LogP contribution is -2.14. The molecule has 0 aliphatic heterocycles. The van der Waals surface area contributed by atoms with Gasteiger partial charge in [-0.2, -0.15) is 0 Å². The number of para-hydroxylation sites is 1. The van der Waals surface area contributed by atoms with Crippen LogP contribution in [0.25, 0.3) is 0 Å². The summed E-state index contributed by atoms with van der Waals surface area (Å²) in [4.78, 5) is 24.5. The molecule has 0 aliphatic rings. The smallest absolute Gasteiger partial charge is 0.311 e. The monoisotopic (exact) mass is 406 g/mol. The second-order valence-corrected chi connectivity index (χ2v) is 8.31. The summed E-state index contributed by atoms with van der Waals surface area (Å²) < 4.78 is 17.0. The minimum atomic E-state index is -0.347. The van der Waals surface area contributed by atoms with Crippen LogP contribution in [0.3, 0.4) is 0 Å². The highest BCUT2D eigenvalue weighted by molar-refractivity contribution is 5.77. The molecule has 0 unspecified atom stereocenters. The first-order valence-corrected chi connectivity index (χ1v) is 11.0. The fourth-order valence-electron chi connectivity index (χ4n) is 2.65. The fraction of sp³-hybridized carbons (Fsp3) is 0.667. The van der Waals surface area contributed by atoms with E-state index in [1.807, 2.05) is 0 Å². The van der Waals surface area contributed by atoms with Crippen LogP contribution in [0.15, 0.2) is 18.2 Å². The van der Waals surface area contributed by atoms with Crippen molar-refractivity contribution < 1.29 is 23.8 Å². The second-order valence-electron chi connectivity index (χ2n) is 8.31. The number of esters is 2. The molecule has 164 valence electrons. The molecule has 0 spiro atoms. The molecule has 5 heteroatoms. The van der Waals surface area contributed by atoms with Gasteiger partial charge in [-0.3, -0.25) is 9.59 Å². The Bertz CT molecular complexity index is 622. The van der Waals surface area contributed by atoms with Crippen LogP contribution in [0.4, 0.5) is 0 Å². The average Bonchev–Trinajstić information content (AvgIpc) is 2.66. The van der Waals surface area contributed by atoms with Crippen molar-refractivity contribution >= 4 is 11.9 Å². The number of unbranched alkanes of at least 4 members (excludes halogenated alkanes) is 3. The number of hydrogen-bond acceptors (Lipinski definition) is 5.